The zero-order chi connectivity index (χ0) is 19.0. The number of fused-ring (bicyclic) bond motifs is 3. The fourth-order valence-electron chi connectivity index (χ4n) is 3.48. The van der Waals surface area contributed by atoms with Gasteiger partial charge in [-0.3, -0.25) is 14.2 Å². The average Bonchev–Trinajstić information content (AvgIpc) is 3.07. The fraction of sp³-hybridized carbons (Fsp3) is 0.350. The summed E-state index contributed by atoms with van der Waals surface area (Å²) in [6.45, 7) is 0. The number of methoxy groups -OCH3 is 1. The number of benzene rings is 1. The van der Waals surface area contributed by atoms with Gasteiger partial charge < -0.3 is 4.74 Å². The van der Waals surface area contributed by atoms with E-state index < -0.39 is 0 Å². The Labute approximate surface area is 165 Å². The maximum Gasteiger partial charge on any atom is 0.262 e. The summed E-state index contributed by atoms with van der Waals surface area (Å²) in [7, 11) is 3.29. The van der Waals surface area contributed by atoms with Crippen LogP contribution in [0.2, 0.25) is 0 Å². The predicted molar refractivity (Wildman–Crippen MR) is 110 cm³/mol. The first-order chi connectivity index (χ1) is 13.1. The Morgan fingerprint density at radius 3 is 2.89 bits per heavy atom. The summed E-state index contributed by atoms with van der Waals surface area (Å²) in [6.07, 6.45) is 4.31. The minimum absolute atomic E-state index is 0.00774. The molecule has 2 heterocycles. The normalized spacial score (nSPS) is 13.6. The summed E-state index contributed by atoms with van der Waals surface area (Å²) in [5, 5.41) is 1.35. The van der Waals surface area contributed by atoms with Crippen molar-refractivity contribution in [3.05, 3.63) is 50.6 Å². The Morgan fingerprint density at radius 1 is 1.30 bits per heavy atom. The molecule has 0 aliphatic heterocycles. The lowest BCUT2D eigenvalue weighted by Crippen LogP contribution is -2.21. The molecule has 0 N–H and O–H groups in total. The smallest absolute Gasteiger partial charge is 0.262 e. The van der Waals surface area contributed by atoms with Crippen LogP contribution in [-0.4, -0.2) is 28.2 Å². The van der Waals surface area contributed by atoms with Crippen molar-refractivity contribution in [1.82, 2.24) is 9.55 Å². The number of hydrogen-bond donors (Lipinski definition) is 0. The Bertz CT molecular complexity index is 1080. The molecule has 0 amide bonds. The molecule has 0 unspecified atom stereocenters. The van der Waals surface area contributed by atoms with E-state index in [1.807, 2.05) is 12.1 Å². The Balaban J connectivity index is 1.64. The molecule has 2 aromatic heterocycles. The molecule has 5 nitrogen and oxygen atoms in total. The van der Waals surface area contributed by atoms with E-state index in [4.69, 9.17) is 9.72 Å². The molecule has 0 spiro atoms. The summed E-state index contributed by atoms with van der Waals surface area (Å²) in [5.41, 5.74) is 1.73. The van der Waals surface area contributed by atoms with Gasteiger partial charge in [-0.2, -0.15) is 0 Å². The highest BCUT2D eigenvalue weighted by molar-refractivity contribution is 7.99. The number of carbonyl (C=O) groups excluding carboxylic acids is 1. The van der Waals surface area contributed by atoms with Gasteiger partial charge in [0.05, 0.1) is 23.8 Å². The minimum atomic E-state index is -0.0442. The quantitative estimate of drug-likeness (QED) is 0.370. The van der Waals surface area contributed by atoms with Gasteiger partial charge in [-0.1, -0.05) is 23.9 Å². The Hall–Kier alpha value is -2.12. The van der Waals surface area contributed by atoms with Crippen LogP contribution in [-0.2, 0) is 19.9 Å². The van der Waals surface area contributed by atoms with Gasteiger partial charge in [-0.05, 0) is 43.4 Å². The number of ether oxygens (including phenoxy) is 1. The van der Waals surface area contributed by atoms with Crippen molar-refractivity contribution in [2.45, 2.75) is 30.8 Å². The Kier molecular flexibility index (Phi) is 5.06. The second-order valence-electron chi connectivity index (χ2n) is 6.56. The summed E-state index contributed by atoms with van der Waals surface area (Å²) in [5.74, 6) is 0.723. The standard InChI is InChI=1S/C20H20N2O3S2/c1-22-19(24)17-13-8-4-6-10-16(13)27-18(17)21-20(22)26-11-14(23)12-7-3-5-9-15(12)25-2/h3,5,7,9H,4,6,8,10-11H2,1-2H3. The molecule has 0 radical (unpaired) electrons. The highest BCUT2D eigenvalue weighted by atomic mass is 32.2. The second-order valence-corrected chi connectivity index (χ2v) is 8.59. The van der Waals surface area contributed by atoms with Crippen LogP contribution in [0.3, 0.4) is 0 Å². The number of ketones is 1. The SMILES string of the molecule is COc1ccccc1C(=O)CSc1nc2sc3c(c2c(=O)n1C)CCCC3. The molecule has 140 valence electrons. The average molecular weight is 401 g/mol. The number of hydrogen-bond acceptors (Lipinski definition) is 6. The molecule has 1 aliphatic carbocycles. The first-order valence-corrected chi connectivity index (χ1v) is 10.7. The van der Waals surface area contributed by atoms with Crippen molar-refractivity contribution in [1.29, 1.82) is 0 Å². The van der Waals surface area contributed by atoms with Gasteiger partial charge in [0.2, 0.25) is 0 Å². The summed E-state index contributed by atoms with van der Waals surface area (Å²) in [6, 6.07) is 7.18. The number of para-hydroxylation sites is 1. The van der Waals surface area contributed by atoms with Crippen molar-refractivity contribution in [2.24, 2.45) is 7.05 Å². The van der Waals surface area contributed by atoms with E-state index in [1.165, 1.54) is 28.6 Å². The van der Waals surface area contributed by atoms with Gasteiger partial charge >= 0.3 is 0 Å². The molecular formula is C20H20N2O3S2. The van der Waals surface area contributed by atoms with E-state index >= 15 is 0 Å². The van der Waals surface area contributed by atoms with Crippen molar-refractivity contribution >= 4 is 39.1 Å². The number of thiophene rings is 1. The van der Waals surface area contributed by atoms with Crippen LogP contribution in [0.4, 0.5) is 0 Å². The second kappa shape index (κ2) is 7.48. The summed E-state index contributed by atoms with van der Waals surface area (Å²) >= 11 is 2.93. The number of carbonyl (C=O) groups is 1. The summed E-state index contributed by atoms with van der Waals surface area (Å²) < 4.78 is 6.84. The van der Waals surface area contributed by atoms with Crippen LogP contribution in [0.5, 0.6) is 5.75 Å². The fourth-order valence-corrected chi connectivity index (χ4v) is 5.64. The molecule has 0 saturated carbocycles. The molecule has 0 bridgehead atoms. The van der Waals surface area contributed by atoms with Gasteiger partial charge in [0, 0.05) is 11.9 Å². The largest absolute Gasteiger partial charge is 0.496 e. The van der Waals surface area contributed by atoms with E-state index in [-0.39, 0.29) is 17.1 Å². The van der Waals surface area contributed by atoms with Gasteiger partial charge in [-0.15, -0.1) is 11.3 Å². The maximum atomic E-state index is 12.9. The monoisotopic (exact) mass is 400 g/mol. The molecular weight excluding hydrogens is 380 g/mol. The third-order valence-electron chi connectivity index (χ3n) is 4.90. The number of Topliss-reactive ketones (excluding diaryl/α,β-unsaturated/α-hetero) is 1. The molecule has 0 atom stereocenters. The molecule has 3 aromatic rings. The van der Waals surface area contributed by atoms with Crippen molar-refractivity contribution in [2.75, 3.05) is 12.9 Å². The minimum Gasteiger partial charge on any atom is -0.496 e. The maximum absolute atomic E-state index is 12.9. The van der Waals surface area contributed by atoms with Crippen LogP contribution >= 0.6 is 23.1 Å². The molecule has 1 aromatic carbocycles. The number of aromatic nitrogens is 2. The zero-order valence-corrected chi connectivity index (χ0v) is 16.9. The van der Waals surface area contributed by atoms with E-state index in [0.29, 0.717) is 16.5 Å². The molecule has 0 fully saturated rings. The van der Waals surface area contributed by atoms with Gasteiger partial charge in [0.1, 0.15) is 10.6 Å². The van der Waals surface area contributed by atoms with Gasteiger partial charge in [0.15, 0.2) is 10.9 Å². The highest BCUT2D eigenvalue weighted by Gasteiger charge is 2.22. The van der Waals surface area contributed by atoms with Crippen LogP contribution in [0.15, 0.2) is 34.2 Å². The van der Waals surface area contributed by atoms with Crippen molar-refractivity contribution < 1.29 is 9.53 Å². The lowest BCUT2D eigenvalue weighted by Gasteiger charge is -2.11. The first kappa shape index (κ1) is 18.3. The number of aryl methyl sites for hydroxylation is 2. The van der Waals surface area contributed by atoms with Crippen molar-refractivity contribution in [3.8, 4) is 5.75 Å². The topological polar surface area (TPSA) is 61.2 Å². The van der Waals surface area contributed by atoms with Crippen LogP contribution in [0, 0.1) is 0 Å². The highest BCUT2D eigenvalue weighted by Crippen LogP contribution is 2.34. The zero-order valence-electron chi connectivity index (χ0n) is 15.3. The molecule has 4 rings (SSSR count). The number of rotatable bonds is 5. The van der Waals surface area contributed by atoms with E-state index in [0.717, 1.165) is 29.5 Å². The van der Waals surface area contributed by atoms with E-state index in [2.05, 4.69) is 0 Å². The third kappa shape index (κ3) is 3.30. The third-order valence-corrected chi connectivity index (χ3v) is 7.11. The van der Waals surface area contributed by atoms with Gasteiger partial charge in [-0.25, -0.2) is 4.98 Å². The molecule has 1 aliphatic rings. The van der Waals surface area contributed by atoms with Crippen molar-refractivity contribution in [3.63, 3.8) is 0 Å². The van der Waals surface area contributed by atoms with E-state index in [1.54, 1.807) is 42.2 Å². The van der Waals surface area contributed by atoms with E-state index in [9.17, 15) is 9.59 Å². The van der Waals surface area contributed by atoms with Gasteiger partial charge in [0.25, 0.3) is 5.56 Å². The predicted octanol–water partition coefficient (Wildman–Crippen LogP) is 3.86. The van der Waals surface area contributed by atoms with Crippen LogP contribution in [0.1, 0.15) is 33.6 Å². The molecule has 0 saturated heterocycles. The number of nitrogens with zero attached hydrogens (tertiary/aromatic N) is 2. The Morgan fingerprint density at radius 2 is 2.07 bits per heavy atom. The molecule has 27 heavy (non-hydrogen) atoms. The lowest BCUT2D eigenvalue weighted by atomic mass is 9.97. The molecule has 7 heteroatoms. The lowest BCUT2D eigenvalue weighted by molar-refractivity contribution is 0.101. The first-order valence-electron chi connectivity index (χ1n) is 8.90. The van der Waals surface area contributed by atoms with Crippen LogP contribution < -0.4 is 10.3 Å². The number of thioether (sulfide) groups is 1. The summed E-state index contributed by atoms with van der Waals surface area (Å²) in [4.78, 5) is 32.3. The van der Waals surface area contributed by atoms with Crippen LogP contribution in [0.25, 0.3) is 10.2 Å².